The van der Waals surface area contributed by atoms with Crippen LogP contribution in [0.15, 0.2) is 47.7 Å². The highest BCUT2D eigenvalue weighted by Gasteiger charge is 2.15. The monoisotopic (exact) mass is 379 g/mol. The third-order valence-corrected chi connectivity index (χ3v) is 5.00. The molecule has 4 rings (SSSR count). The molecule has 1 N–H and O–H groups in total. The van der Waals surface area contributed by atoms with E-state index in [4.69, 9.17) is 4.74 Å². The lowest BCUT2D eigenvalue weighted by Gasteiger charge is -2.28. The van der Waals surface area contributed by atoms with Crippen molar-refractivity contribution in [1.82, 2.24) is 10.3 Å². The average molecular weight is 379 g/mol. The van der Waals surface area contributed by atoms with E-state index in [1.807, 2.05) is 48.3 Å². The van der Waals surface area contributed by atoms with Gasteiger partial charge in [0.1, 0.15) is 5.82 Å². The number of pyridine rings is 1. The van der Waals surface area contributed by atoms with Crippen LogP contribution >= 0.6 is 0 Å². The van der Waals surface area contributed by atoms with Gasteiger partial charge in [0.25, 0.3) is 5.91 Å². The molecule has 0 saturated carbocycles. The van der Waals surface area contributed by atoms with E-state index in [0.29, 0.717) is 12.1 Å². The summed E-state index contributed by atoms with van der Waals surface area (Å²) in [5, 5.41) is 9.45. The number of hydrogen-bond acceptors (Lipinski definition) is 6. The number of ether oxygens (including phenoxy) is 1. The van der Waals surface area contributed by atoms with Crippen LogP contribution in [0, 0.1) is 0 Å². The molecule has 2 aliphatic heterocycles. The maximum atomic E-state index is 12.5. The molecule has 0 radical (unpaired) electrons. The fourth-order valence-electron chi connectivity index (χ4n) is 3.37. The normalized spacial score (nSPS) is 16.8. The van der Waals surface area contributed by atoms with Gasteiger partial charge in [-0.25, -0.2) is 4.98 Å². The summed E-state index contributed by atoms with van der Waals surface area (Å²) in [7, 11) is 0. The summed E-state index contributed by atoms with van der Waals surface area (Å²) in [6.07, 6.45) is 2.78. The summed E-state index contributed by atoms with van der Waals surface area (Å²) >= 11 is 0. The average Bonchev–Trinajstić information content (AvgIpc) is 3.19. The first-order valence-corrected chi connectivity index (χ1v) is 9.66. The topological polar surface area (TPSA) is 70.1 Å². The molecule has 2 aliphatic rings. The first kappa shape index (κ1) is 18.4. The van der Waals surface area contributed by atoms with Crippen molar-refractivity contribution in [3.8, 4) is 0 Å². The molecule has 0 spiro atoms. The largest absolute Gasteiger partial charge is 0.378 e. The number of aromatic nitrogens is 1. The molecule has 28 heavy (non-hydrogen) atoms. The van der Waals surface area contributed by atoms with Gasteiger partial charge in [-0.1, -0.05) is 0 Å². The van der Waals surface area contributed by atoms with Gasteiger partial charge in [-0.15, -0.1) is 0 Å². The van der Waals surface area contributed by atoms with Crippen molar-refractivity contribution in [3.63, 3.8) is 0 Å². The Bertz CT molecular complexity index is 859. The Balaban J connectivity index is 1.35. The zero-order valence-corrected chi connectivity index (χ0v) is 16.1. The van der Waals surface area contributed by atoms with E-state index in [1.165, 1.54) is 0 Å². The van der Waals surface area contributed by atoms with Crippen molar-refractivity contribution in [1.29, 1.82) is 0 Å². The van der Waals surface area contributed by atoms with Gasteiger partial charge in [0, 0.05) is 50.1 Å². The molecule has 7 heteroatoms. The Morgan fingerprint density at radius 2 is 1.93 bits per heavy atom. The molecule has 0 atom stereocenters. The highest BCUT2D eigenvalue weighted by atomic mass is 16.5. The molecular formula is C21H25N5O2. The van der Waals surface area contributed by atoms with Crippen LogP contribution < -0.4 is 15.2 Å². The van der Waals surface area contributed by atoms with Crippen LogP contribution in [-0.4, -0.2) is 49.5 Å². The van der Waals surface area contributed by atoms with E-state index in [-0.39, 0.29) is 5.91 Å². The minimum Gasteiger partial charge on any atom is -0.378 e. The van der Waals surface area contributed by atoms with Gasteiger partial charge in [-0.2, -0.15) is 5.10 Å². The van der Waals surface area contributed by atoms with Crippen molar-refractivity contribution in [2.75, 3.05) is 42.8 Å². The van der Waals surface area contributed by atoms with Crippen molar-refractivity contribution >= 4 is 23.1 Å². The first-order chi connectivity index (χ1) is 13.7. The molecule has 1 aromatic carbocycles. The summed E-state index contributed by atoms with van der Waals surface area (Å²) in [4.78, 5) is 19.1. The molecular weight excluding hydrogens is 354 g/mol. The van der Waals surface area contributed by atoms with Gasteiger partial charge in [0.05, 0.1) is 18.9 Å². The lowest BCUT2D eigenvalue weighted by atomic mass is 10.1. The molecule has 7 nitrogen and oxygen atoms in total. The van der Waals surface area contributed by atoms with E-state index >= 15 is 0 Å². The lowest BCUT2D eigenvalue weighted by molar-refractivity contribution is 0.0951. The third-order valence-electron chi connectivity index (χ3n) is 5.00. The van der Waals surface area contributed by atoms with Crippen molar-refractivity contribution < 1.29 is 9.53 Å². The second-order valence-electron chi connectivity index (χ2n) is 7.06. The number of benzene rings is 1. The fourth-order valence-corrected chi connectivity index (χ4v) is 3.37. The van der Waals surface area contributed by atoms with Crippen LogP contribution in [0.3, 0.4) is 0 Å². The van der Waals surface area contributed by atoms with Gasteiger partial charge in [0.2, 0.25) is 0 Å². The Morgan fingerprint density at radius 1 is 1.14 bits per heavy atom. The minimum absolute atomic E-state index is 0.0858. The van der Waals surface area contributed by atoms with Gasteiger partial charge >= 0.3 is 0 Å². The van der Waals surface area contributed by atoms with Crippen LogP contribution in [0.4, 0.5) is 11.5 Å². The maximum Gasteiger partial charge on any atom is 0.251 e. The van der Waals surface area contributed by atoms with Gasteiger partial charge < -0.3 is 15.0 Å². The number of hydrogen-bond donors (Lipinski definition) is 1. The van der Waals surface area contributed by atoms with Gasteiger partial charge in [0.15, 0.2) is 0 Å². The predicted octanol–water partition coefficient (Wildman–Crippen LogP) is 2.43. The van der Waals surface area contributed by atoms with Crippen LogP contribution in [0.1, 0.15) is 29.3 Å². The second kappa shape index (κ2) is 8.39. The SMILES string of the molecule is CC1=NN(c2ccc(C(=O)NCc3ccnc(N4CCOCC4)c3)cc2)CC1. The van der Waals surface area contributed by atoms with E-state index in [2.05, 4.69) is 20.3 Å². The fraction of sp³-hybridized carbons (Fsp3) is 0.381. The number of rotatable bonds is 5. The van der Waals surface area contributed by atoms with E-state index in [1.54, 1.807) is 6.20 Å². The molecule has 0 unspecified atom stereocenters. The summed E-state index contributed by atoms with van der Waals surface area (Å²) in [5.74, 6) is 0.846. The minimum atomic E-state index is -0.0858. The summed E-state index contributed by atoms with van der Waals surface area (Å²) in [5.41, 5.74) is 3.82. The first-order valence-electron chi connectivity index (χ1n) is 9.66. The number of nitrogens with one attached hydrogen (secondary N) is 1. The van der Waals surface area contributed by atoms with Crippen molar-refractivity contribution in [2.45, 2.75) is 19.9 Å². The quantitative estimate of drug-likeness (QED) is 0.864. The third kappa shape index (κ3) is 4.31. The van der Waals surface area contributed by atoms with Crippen LogP contribution in [0.2, 0.25) is 0 Å². The Hall–Kier alpha value is -2.93. The molecule has 146 valence electrons. The second-order valence-corrected chi connectivity index (χ2v) is 7.06. The Labute approximate surface area is 165 Å². The van der Waals surface area contributed by atoms with Gasteiger partial charge in [-0.05, 0) is 48.9 Å². The molecule has 2 aromatic rings. The summed E-state index contributed by atoms with van der Waals surface area (Å²) in [6, 6.07) is 11.5. The molecule has 0 bridgehead atoms. The van der Waals surface area contributed by atoms with Crippen LogP contribution in [-0.2, 0) is 11.3 Å². The van der Waals surface area contributed by atoms with Gasteiger partial charge in [-0.3, -0.25) is 9.80 Å². The Kier molecular flexibility index (Phi) is 5.53. The van der Waals surface area contributed by atoms with Crippen molar-refractivity contribution in [2.24, 2.45) is 5.10 Å². The Morgan fingerprint density at radius 3 is 2.64 bits per heavy atom. The van der Waals surface area contributed by atoms with E-state index < -0.39 is 0 Å². The van der Waals surface area contributed by atoms with E-state index in [9.17, 15) is 4.79 Å². The number of anilines is 2. The highest BCUT2D eigenvalue weighted by Crippen LogP contribution is 2.20. The predicted molar refractivity (Wildman–Crippen MR) is 110 cm³/mol. The number of carbonyl (C=O) groups excluding carboxylic acids is 1. The van der Waals surface area contributed by atoms with Crippen molar-refractivity contribution in [3.05, 3.63) is 53.7 Å². The number of nitrogens with zero attached hydrogens (tertiary/aromatic N) is 4. The van der Waals surface area contributed by atoms with Crippen LogP contribution in [0.5, 0.6) is 0 Å². The van der Waals surface area contributed by atoms with Crippen LogP contribution in [0.25, 0.3) is 0 Å². The number of amides is 1. The lowest BCUT2D eigenvalue weighted by Crippen LogP contribution is -2.36. The molecule has 1 amide bonds. The molecule has 1 fully saturated rings. The summed E-state index contributed by atoms with van der Waals surface area (Å²) in [6.45, 7) is 6.53. The molecule has 1 aromatic heterocycles. The molecule has 0 aliphatic carbocycles. The number of carbonyl (C=O) groups is 1. The maximum absolute atomic E-state index is 12.5. The van der Waals surface area contributed by atoms with E-state index in [0.717, 1.165) is 62.0 Å². The standard InChI is InChI=1S/C21H25N5O2/c1-16-7-9-26(24-16)19-4-2-18(3-5-19)21(27)23-15-17-6-8-22-20(14-17)25-10-12-28-13-11-25/h2-6,8,14H,7,9-13,15H2,1H3,(H,23,27). The zero-order valence-electron chi connectivity index (χ0n) is 16.1. The smallest absolute Gasteiger partial charge is 0.251 e. The summed E-state index contributed by atoms with van der Waals surface area (Å²) < 4.78 is 5.39. The molecule has 3 heterocycles. The highest BCUT2D eigenvalue weighted by molar-refractivity contribution is 5.94. The zero-order chi connectivity index (χ0) is 19.3. The molecule has 1 saturated heterocycles. The number of hydrazone groups is 1. The number of morpholine rings is 1.